The van der Waals surface area contributed by atoms with E-state index in [0.717, 1.165) is 0 Å². The molecule has 8 heteroatoms. The van der Waals surface area contributed by atoms with Crippen molar-refractivity contribution in [1.82, 2.24) is 9.97 Å². The predicted molar refractivity (Wildman–Crippen MR) is 78.7 cm³/mol. The largest absolute Gasteiger partial charge is 0.444 e. The van der Waals surface area contributed by atoms with Gasteiger partial charge in [-0.15, -0.1) is 11.8 Å². The number of nitrogens with one attached hydrogen (secondary N) is 1. The SMILES string of the molecule is CSc1nc(NC(=O)OC(C)(C)C)c(C(C)=O)nc1Cl. The predicted octanol–water partition coefficient (Wildman–Crippen LogP) is 3.40. The second-order valence-electron chi connectivity index (χ2n) is 4.90. The second-order valence-corrected chi connectivity index (χ2v) is 6.06. The smallest absolute Gasteiger partial charge is 0.413 e. The topological polar surface area (TPSA) is 81.2 Å². The number of aromatic nitrogens is 2. The van der Waals surface area contributed by atoms with Crippen molar-refractivity contribution in [2.45, 2.75) is 38.3 Å². The number of carbonyl (C=O) groups is 2. The molecule has 0 saturated heterocycles. The normalized spacial score (nSPS) is 11.1. The van der Waals surface area contributed by atoms with Crippen molar-refractivity contribution in [2.75, 3.05) is 11.6 Å². The quantitative estimate of drug-likeness (QED) is 0.679. The van der Waals surface area contributed by atoms with Crippen molar-refractivity contribution >= 4 is 41.1 Å². The minimum atomic E-state index is -0.705. The number of ether oxygens (including phenoxy) is 1. The summed E-state index contributed by atoms with van der Waals surface area (Å²) in [6, 6.07) is 0. The first-order valence-electron chi connectivity index (χ1n) is 5.76. The molecule has 1 aromatic rings. The Kier molecular flexibility index (Phi) is 5.35. The number of halogens is 1. The molecule has 6 nitrogen and oxygen atoms in total. The summed E-state index contributed by atoms with van der Waals surface area (Å²) in [7, 11) is 0. The van der Waals surface area contributed by atoms with E-state index in [2.05, 4.69) is 15.3 Å². The lowest BCUT2D eigenvalue weighted by Crippen LogP contribution is -2.28. The van der Waals surface area contributed by atoms with E-state index in [1.165, 1.54) is 18.7 Å². The minimum Gasteiger partial charge on any atom is -0.444 e. The summed E-state index contributed by atoms with van der Waals surface area (Å²) >= 11 is 7.16. The molecule has 0 atom stereocenters. The van der Waals surface area contributed by atoms with Gasteiger partial charge >= 0.3 is 6.09 Å². The first kappa shape index (κ1) is 16.7. The maximum absolute atomic E-state index is 11.7. The van der Waals surface area contributed by atoms with Crippen molar-refractivity contribution < 1.29 is 14.3 Å². The van der Waals surface area contributed by atoms with Crippen molar-refractivity contribution in [2.24, 2.45) is 0 Å². The Hall–Kier alpha value is -1.34. The van der Waals surface area contributed by atoms with Crippen LogP contribution in [0.1, 0.15) is 38.2 Å². The molecule has 0 radical (unpaired) electrons. The van der Waals surface area contributed by atoms with Crippen LogP contribution in [0.15, 0.2) is 5.03 Å². The fourth-order valence-corrected chi connectivity index (χ4v) is 2.02. The summed E-state index contributed by atoms with van der Waals surface area (Å²) in [4.78, 5) is 31.3. The lowest BCUT2D eigenvalue weighted by Gasteiger charge is -2.20. The first-order chi connectivity index (χ1) is 9.14. The van der Waals surface area contributed by atoms with E-state index in [0.29, 0.717) is 5.03 Å². The van der Waals surface area contributed by atoms with Crippen LogP contribution in [-0.2, 0) is 4.74 Å². The Balaban J connectivity index is 3.09. The average molecular weight is 318 g/mol. The Bertz CT molecular complexity index is 543. The van der Waals surface area contributed by atoms with Crippen LogP contribution in [0.25, 0.3) is 0 Å². The summed E-state index contributed by atoms with van der Waals surface area (Å²) in [6.07, 6.45) is 1.06. The fourth-order valence-electron chi connectivity index (χ4n) is 1.26. The van der Waals surface area contributed by atoms with E-state index >= 15 is 0 Å². The standard InChI is InChI=1S/C12H16ClN3O3S/c1-6(17)7-9(15-10(20-5)8(13)14-7)16-11(18)19-12(2,3)4/h1-5H3,(H,15,16,18). The maximum Gasteiger partial charge on any atom is 0.413 e. The number of hydrogen-bond acceptors (Lipinski definition) is 6. The molecule has 0 fully saturated rings. The highest BCUT2D eigenvalue weighted by Crippen LogP contribution is 2.25. The lowest BCUT2D eigenvalue weighted by atomic mass is 10.2. The van der Waals surface area contributed by atoms with Gasteiger partial charge < -0.3 is 4.74 Å². The molecular weight excluding hydrogens is 302 g/mol. The highest BCUT2D eigenvalue weighted by Gasteiger charge is 2.21. The molecule has 0 bridgehead atoms. The van der Waals surface area contributed by atoms with Crippen molar-refractivity contribution in [3.8, 4) is 0 Å². The first-order valence-corrected chi connectivity index (χ1v) is 7.36. The molecule has 1 aromatic heterocycles. The third-order valence-electron chi connectivity index (χ3n) is 1.97. The highest BCUT2D eigenvalue weighted by molar-refractivity contribution is 7.98. The monoisotopic (exact) mass is 317 g/mol. The molecule has 20 heavy (non-hydrogen) atoms. The van der Waals surface area contributed by atoms with Crippen LogP contribution in [0.3, 0.4) is 0 Å². The van der Waals surface area contributed by atoms with Gasteiger partial charge in [-0.3, -0.25) is 10.1 Å². The van der Waals surface area contributed by atoms with Gasteiger partial charge in [0.2, 0.25) is 0 Å². The van der Waals surface area contributed by atoms with Crippen LogP contribution in [0.5, 0.6) is 0 Å². The molecule has 1 rings (SSSR count). The number of carbonyl (C=O) groups excluding carboxylic acids is 2. The van der Waals surface area contributed by atoms with Gasteiger partial charge in [-0.05, 0) is 27.0 Å². The zero-order valence-electron chi connectivity index (χ0n) is 11.9. The molecular formula is C12H16ClN3O3S. The Labute approximate surface area is 126 Å². The molecule has 0 aliphatic heterocycles. The van der Waals surface area contributed by atoms with Gasteiger partial charge in [0.25, 0.3) is 0 Å². The summed E-state index contributed by atoms with van der Waals surface area (Å²) in [5.74, 6) is -0.307. The number of ketones is 1. The van der Waals surface area contributed by atoms with Crippen molar-refractivity contribution in [3.63, 3.8) is 0 Å². The van der Waals surface area contributed by atoms with E-state index in [9.17, 15) is 9.59 Å². The van der Waals surface area contributed by atoms with Gasteiger partial charge in [0.1, 0.15) is 10.6 Å². The molecule has 1 N–H and O–H groups in total. The molecule has 0 unspecified atom stereocenters. The molecule has 0 aliphatic carbocycles. The zero-order valence-corrected chi connectivity index (χ0v) is 13.5. The van der Waals surface area contributed by atoms with Crippen LogP contribution < -0.4 is 5.32 Å². The van der Waals surface area contributed by atoms with Crippen LogP contribution in [0.4, 0.5) is 10.6 Å². The van der Waals surface area contributed by atoms with Gasteiger partial charge in [0.15, 0.2) is 22.4 Å². The lowest BCUT2D eigenvalue weighted by molar-refractivity contribution is 0.0635. The van der Waals surface area contributed by atoms with Gasteiger partial charge in [0.05, 0.1) is 0 Å². The number of anilines is 1. The minimum absolute atomic E-state index is 0.00124. The highest BCUT2D eigenvalue weighted by atomic mass is 35.5. The maximum atomic E-state index is 11.7. The van der Waals surface area contributed by atoms with Crippen molar-refractivity contribution in [3.05, 3.63) is 10.8 Å². The summed E-state index contributed by atoms with van der Waals surface area (Å²) in [6.45, 7) is 6.53. The third-order valence-corrected chi connectivity index (χ3v) is 3.02. The Morgan fingerprint density at radius 3 is 2.35 bits per heavy atom. The molecule has 0 spiro atoms. The summed E-state index contributed by atoms with van der Waals surface area (Å²) in [5.41, 5.74) is -0.651. The van der Waals surface area contributed by atoms with E-state index in [1.54, 1.807) is 27.0 Å². The molecule has 1 amide bonds. The van der Waals surface area contributed by atoms with Gasteiger partial charge in [-0.25, -0.2) is 14.8 Å². The number of amides is 1. The van der Waals surface area contributed by atoms with Crippen molar-refractivity contribution in [1.29, 1.82) is 0 Å². The second kappa shape index (κ2) is 6.41. The summed E-state index contributed by atoms with van der Waals surface area (Å²) in [5, 5.41) is 2.96. The zero-order chi connectivity index (χ0) is 15.5. The number of nitrogens with zero attached hydrogens (tertiary/aromatic N) is 2. The third kappa shape index (κ3) is 4.64. The summed E-state index contributed by atoms with van der Waals surface area (Å²) < 4.78 is 5.11. The number of thioether (sulfide) groups is 1. The molecule has 110 valence electrons. The average Bonchev–Trinajstić information content (AvgIpc) is 2.28. The van der Waals surface area contributed by atoms with E-state index in [4.69, 9.17) is 16.3 Å². The van der Waals surface area contributed by atoms with Gasteiger partial charge in [-0.1, -0.05) is 11.6 Å². The van der Waals surface area contributed by atoms with Gasteiger partial charge in [0, 0.05) is 6.92 Å². The molecule has 0 aromatic carbocycles. The van der Waals surface area contributed by atoms with Gasteiger partial charge in [-0.2, -0.15) is 0 Å². The van der Waals surface area contributed by atoms with Crippen LogP contribution in [-0.4, -0.2) is 33.7 Å². The Morgan fingerprint density at radius 2 is 1.90 bits per heavy atom. The van der Waals surface area contributed by atoms with Crippen LogP contribution in [0, 0.1) is 0 Å². The molecule has 1 heterocycles. The fraction of sp³-hybridized carbons (Fsp3) is 0.500. The van der Waals surface area contributed by atoms with Crippen LogP contribution >= 0.6 is 23.4 Å². The van der Waals surface area contributed by atoms with E-state index < -0.39 is 11.7 Å². The van der Waals surface area contributed by atoms with E-state index in [1.807, 2.05) is 0 Å². The number of Topliss-reactive ketones (excluding diaryl/α,β-unsaturated/α-hetero) is 1. The number of hydrogen-bond donors (Lipinski definition) is 1. The van der Waals surface area contributed by atoms with E-state index in [-0.39, 0.29) is 22.4 Å². The van der Waals surface area contributed by atoms with Crippen LogP contribution in [0.2, 0.25) is 5.15 Å². The molecule has 0 saturated carbocycles. The number of rotatable bonds is 3. The molecule has 0 aliphatic rings. The Morgan fingerprint density at radius 1 is 1.30 bits per heavy atom.